The SMILES string of the molecule is CC1CCC(CO)CN1C(=O)c1cccc(-n2cccn2)c1. The molecule has 0 aliphatic carbocycles. The zero-order valence-electron chi connectivity index (χ0n) is 12.7. The van der Waals surface area contributed by atoms with E-state index in [2.05, 4.69) is 12.0 Å². The molecule has 1 aliphatic heterocycles. The number of nitrogens with zero attached hydrogens (tertiary/aromatic N) is 3. The number of piperidine rings is 1. The predicted octanol–water partition coefficient (Wildman–Crippen LogP) is 2.11. The number of hydrogen-bond donors (Lipinski definition) is 1. The van der Waals surface area contributed by atoms with Crippen LogP contribution in [0.5, 0.6) is 0 Å². The smallest absolute Gasteiger partial charge is 0.254 e. The van der Waals surface area contributed by atoms with E-state index >= 15 is 0 Å². The summed E-state index contributed by atoms with van der Waals surface area (Å²) in [6.07, 6.45) is 5.49. The van der Waals surface area contributed by atoms with Gasteiger partial charge >= 0.3 is 0 Å². The highest BCUT2D eigenvalue weighted by molar-refractivity contribution is 5.95. The Kier molecular flexibility index (Phi) is 4.24. The molecule has 3 rings (SSSR count). The summed E-state index contributed by atoms with van der Waals surface area (Å²) in [5.74, 6) is 0.217. The lowest BCUT2D eigenvalue weighted by Gasteiger charge is -2.37. The molecule has 2 unspecified atom stereocenters. The number of rotatable bonds is 3. The van der Waals surface area contributed by atoms with Crippen molar-refractivity contribution in [2.75, 3.05) is 13.2 Å². The van der Waals surface area contributed by atoms with Crippen molar-refractivity contribution in [2.45, 2.75) is 25.8 Å². The molecule has 0 spiro atoms. The van der Waals surface area contributed by atoms with Crippen LogP contribution in [0, 0.1) is 5.92 Å². The lowest BCUT2D eigenvalue weighted by molar-refractivity contribution is 0.0489. The van der Waals surface area contributed by atoms with E-state index in [9.17, 15) is 9.90 Å². The van der Waals surface area contributed by atoms with Gasteiger partial charge in [-0.25, -0.2) is 4.68 Å². The van der Waals surface area contributed by atoms with Crippen molar-refractivity contribution in [3.8, 4) is 5.69 Å². The Labute approximate surface area is 130 Å². The molecule has 0 saturated carbocycles. The van der Waals surface area contributed by atoms with Crippen LogP contribution in [0.1, 0.15) is 30.1 Å². The molecular formula is C17H21N3O2. The highest BCUT2D eigenvalue weighted by Crippen LogP contribution is 2.24. The van der Waals surface area contributed by atoms with E-state index in [1.807, 2.05) is 41.4 Å². The molecule has 2 heterocycles. The molecular weight excluding hydrogens is 278 g/mol. The minimum absolute atomic E-state index is 0.0275. The van der Waals surface area contributed by atoms with Gasteiger partial charge in [0.2, 0.25) is 0 Å². The standard InChI is InChI=1S/C17H21N3O2/c1-13-6-7-14(12-21)11-19(13)17(22)15-4-2-5-16(10-15)20-9-3-8-18-20/h2-5,8-10,13-14,21H,6-7,11-12H2,1H3. The van der Waals surface area contributed by atoms with Crippen molar-refractivity contribution < 1.29 is 9.90 Å². The van der Waals surface area contributed by atoms with Gasteiger partial charge in [-0.3, -0.25) is 4.79 Å². The Morgan fingerprint density at radius 3 is 2.95 bits per heavy atom. The third-order valence-electron chi connectivity index (χ3n) is 4.36. The first kappa shape index (κ1) is 14.8. The van der Waals surface area contributed by atoms with E-state index < -0.39 is 0 Å². The first-order valence-corrected chi connectivity index (χ1v) is 7.71. The number of benzene rings is 1. The Bertz CT molecular complexity index is 639. The lowest BCUT2D eigenvalue weighted by Crippen LogP contribution is -2.46. The third kappa shape index (κ3) is 2.90. The topological polar surface area (TPSA) is 58.4 Å². The van der Waals surface area contributed by atoms with Gasteiger partial charge in [0.05, 0.1) is 5.69 Å². The van der Waals surface area contributed by atoms with E-state index in [4.69, 9.17) is 0 Å². The first-order chi connectivity index (χ1) is 10.7. The molecule has 116 valence electrons. The van der Waals surface area contributed by atoms with Crippen molar-refractivity contribution in [3.63, 3.8) is 0 Å². The molecule has 5 nitrogen and oxygen atoms in total. The monoisotopic (exact) mass is 299 g/mol. The van der Waals surface area contributed by atoms with Gasteiger partial charge in [0.25, 0.3) is 5.91 Å². The first-order valence-electron chi connectivity index (χ1n) is 7.71. The van der Waals surface area contributed by atoms with Crippen molar-refractivity contribution in [1.29, 1.82) is 0 Å². The van der Waals surface area contributed by atoms with Gasteiger partial charge in [0.15, 0.2) is 0 Å². The Morgan fingerprint density at radius 1 is 1.36 bits per heavy atom. The second-order valence-corrected chi connectivity index (χ2v) is 5.93. The van der Waals surface area contributed by atoms with E-state index in [0.29, 0.717) is 12.1 Å². The molecule has 1 aliphatic rings. The third-order valence-corrected chi connectivity index (χ3v) is 4.36. The van der Waals surface area contributed by atoms with E-state index in [1.165, 1.54) is 0 Å². The second-order valence-electron chi connectivity index (χ2n) is 5.93. The van der Waals surface area contributed by atoms with Gasteiger partial charge in [-0.15, -0.1) is 0 Å². The zero-order chi connectivity index (χ0) is 15.5. The summed E-state index contributed by atoms with van der Waals surface area (Å²) in [7, 11) is 0. The molecule has 1 aromatic carbocycles. The Hall–Kier alpha value is -2.14. The largest absolute Gasteiger partial charge is 0.396 e. The second kappa shape index (κ2) is 6.32. The fourth-order valence-corrected chi connectivity index (χ4v) is 2.98. The minimum atomic E-state index is 0.0275. The van der Waals surface area contributed by atoms with E-state index in [1.54, 1.807) is 10.9 Å². The van der Waals surface area contributed by atoms with Gasteiger partial charge in [-0.05, 0) is 49.9 Å². The summed E-state index contributed by atoms with van der Waals surface area (Å²) in [4.78, 5) is 14.7. The van der Waals surface area contributed by atoms with Gasteiger partial charge in [0, 0.05) is 37.2 Å². The lowest BCUT2D eigenvalue weighted by atomic mass is 9.93. The maximum atomic E-state index is 12.8. The van der Waals surface area contributed by atoms with Crippen LogP contribution in [0.25, 0.3) is 5.69 Å². The predicted molar refractivity (Wildman–Crippen MR) is 83.9 cm³/mol. The van der Waals surface area contributed by atoms with E-state index in [0.717, 1.165) is 18.5 Å². The number of aromatic nitrogens is 2. The number of hydrogen-bond acceptors (Lipinski definition) is 3. The van der Waals surface area contributed by atoms with Crippen LogP contribution < -0.4 is 0 Å². The average molecular weight is 299 g/mol. The van der Waals surface area contributed by atoms with Crippen molar-refractivity contribution >= 4 is 5.91 Å². The number of likely N-dealkylation sites (tertiary alicyclic amines) is 1. The van der Waals surface area contributed by atoms with Gasteiger partial charge in [0.1, 0.15) is 0 Å². The van der Waals surface area contributed by atoms with Crippen molar-refractivity contribution in [3.05, 3.63) is 48.3 Å². The van der Waals surface area contributed by atoms with Crippen LogP contribution in [0.2, 0.25) is 0 Å². The minimum Gasteiger partial charge on any atom is -0.396 e. The van der Waals surface area contributed by atoms with Crippen LogP contribution in [-0.4, -0.2) is 44.9 Å². The maximum Gasteiger partial charge on any atom is 0.254 e. The van der Waals surface area contributed by atoms with Gasteiger partial charge < -0.3 is 10.0 Å². The summed E-state index contributed by atoms with van der Waals surface area (Å²) in [5.41, 5.74) is 1.54. The highest BCUT2D eigenvalue weighted by atomic mass is 16.3. The molecule has 0 bridgehead atoms. The van der Waals surface area contributed by atoms with Crippen LogP contribution in [0.4, 0.5) is 0 Å². The molecule has 2 aromatic rings. The number of amides is 1. The summed E-state index contributed by atoms with van der Waals surface area (Å²) < 4.78 is 1.74. The van der Waals surface area contributed by atoms with Crippen LogP contribution in [-0.2, 0) is 0 Å². The highest BCUT2D eigenvalue weighted by Gasteiger charge is 2.29. The quantitative estimate of drug-likeness (QED) is 0.944. The summed E-state index contributed by atoms with van der Waals surface area (Å²) >= 11 is 0. The van der Waals surface area contributed by atoms with Crippen LogP contribution >= 0.6 is 0 Å². The summed E-state index contributed by atoms with van der Waals surface area (Å²) in [6, 6.07) is 9.58. The summed E-state index contributed by atoms with van der Waals surface area (Å²) in [5, 5.41) is 13.6. The molecule has 1 saturated heterocycles. The number of carbonyl (C=O) groups is 1. The average Bonchev–Trinajstić information content (AvgIpc) is 3.09. The maximum absolute atomic E-state index is 12.8. The fourth-order valence-electron chi connectivity index (χ4n) is 2.98. The molecule has 0 radical (unpaired) electrons. The van der Waals surface area contributed by atoms with Crippen LogP contribution in [0.3, 0.4) is 0 Å². The zero-order valence-corrected chi connectivity index (χ0v) is 12.7. The van der Waals surface area contributed by atoms with Gasteiger partial charge in [-0.2, -0.15) is 5.10 Å². The van der Waals surface area contributed by atoms with Crippen LogP contribution in [0.15, 0.2) is 42.7 Å². The Morgan fingerprint density at radius 2 is 2.23 bits per heavy atom. The molecule has 2 atom stereocenters. The molecule has 5 heteroatoms. The summed E-state index contributed by atoms with van der Waals surface area (Å²) in [6.45, 7) is 2.84. The molecule has 1 fully saturated rings. The molecule has 1 amide bonds. The molecule has 1 aromatic heterocycles. The molecule has 22 heavy (non-hydrogen) atoms. The van der Waals surface area contributed by atoms with Crippen molar-refractivity contribution in [2.24, 2.45) is 5.92 Å². The molecule has 1 N–H and O–H groups in total. The number of carbonyl (C=O) groups excluding carboxylic acids is 1. The fraction of sp³-hybridized carbons (Fsp3) is 0.412. The number of aliphatic hydroxyl groups excluding tert-OH is 1. The van der Waals surface area contributed by atoms with Gasteiger partial charge in [-0.1, -0.05) is 6.07 Å². The van der Waals surface area contributed by atoms with E-state index in [-0.39, 0.29) is 24.5 Å². The Balaban J connectivity index is 1.84. The normalized spacial score (nSPS) is 21.8. The van der Waals surface area contributed by atoms with Crippen molar-refractivity contribution in [1.82, 2.24) is 14.7 Å². The number of aliphatic hydroxyl groups is 1.